The summed E-state index contributed by atoms with van der Waals surface area (Å²) < 4.78 is 49.8. The van der Waals surface area contributed by atoms with Crippen LogP contribution in [-0.4, -0.2) is 45.0 Å². The third-order valence-electron chi connectivity index (χ3n) is 4.28. The molecule has 9 heteroatoms. The second-order valence-corrected chi connectivity index (χ2v) is 8.61. The molecule has 0 N–H and O–H groups in total. The molecule has 0 aromatic heterocycles. The number of nitrogens with zero attached hydrogens (tertiary/aromatic N) is 1. The van der Waals surface area contributed by atoms with Crippen molar-refractivity contribution in [2.75, 3.05) is 26.3 Å². The molecule has 6 nitrogen and oxygen atoms in total. The first kappa shape index (κ1) is 21.4. The first-order valence-corrected chi connectivity index (χ1v) is 10.6. The van der Waals surface area contributed by atoms with E-state index in [4.69, 9.17) is 21.1 Å². The molecule has 0 amide bonds. The van der Waals surface area contributed by atoms with Crippen molar-refractivity contribution < 1.29 is 27.1 Å². The zero-order valence-electron chi connectivity index (χ0n) is 15.4. The van der Waals surface area contributed by atoms with E-state index in [0.717, 1.165) is 6.07 Å². The number of benzene rings is 2. The van der Waals surface area contributed by atoms with Crippen molar-refractivity contribution >= 4 is 33.7 Å². The number of carbonyl (C=O) groups excluding carboxylic acids is 1. The van der Waals surface area contributed by atoms with Crippen LogP contribution in [0.15, 0.2) is 53.4 Å². The first-order chi connectivity index (χ1) is 13.9. The van der Waals surface area contributed by atoms with E-state index in [1.165, 1.54) is 40.7 Å². The maximum absolute atomic E-state index is 13.0. The molecule has 1 aliphatic rings. The third kappa shape index (κ3) is 5.63. The van der Waals surface area contributed by atoms with Crippen molar-refractivity contribution in [3.63, 3.8) is 0 Å². The molecular formula is C20H19ClFNO5S. The fraction of sp³-hybridized carbons (Fsp3) is 0.250. The molecular weight excluding hydrogens is 421 g/mol. The molecule has 1 fully saturated rings. The lowest BCUT2D eigenvalue weighted by Crippen LogP contribution is -2.40. The molecule has 29 heavy (non-hydrogen) atoms. The normalized spacial score (nSPS) is 15.5. The predicted octanol–water partition coefficient (Wildman–Crippen LogP) is 3.26. The van der Waals surface area contributed by atoms with Gasteiger partial charge in [-0.3, -0.25) is 0 Å². The molecule has 0 spiro atoms. The Bertz CT molecular complexity index is 1000. The third-order valence-corrected chi connectivity index (χ3v) is 6.55. The maximum Gasteiger partial charge on any atom is 0.331 e. The van der Waals surface area contributed by atoms with Crippen LogP contribution >= 0.6 is 11.6 Å². The predicted molar refractivity (Wildman–Crippen MR) is 106 cm³/mol. The van der Waals surface area contributed by atoms with E-state index in [1.807, 2.05) is 0 Å². The van der Waals surface area contributed by atoms with E-state index >= 15 is 0 Å². The Kier molecular flexibility index (Phi) is 7.02. The average molecular weight is 440 g/mol. The topological polar surface area (TPSA) is 72.9 Å². The number of ether oxygens (including phenoxy) is 2. The minimum absolute atomic E-state index is 0.0843. The zero-order valence-corrected chi connectivity index (χ0v) is 17.0. The molecule has 2 aromatic carbocycles. The maximum atomic E-state index is 13.0. The summed E-state index contributed by atoms with van der Waals surface area (Å²) in [4.78, 5) is 12.0. The number of hydrogen-bond donors (Lipinski definition) is 0. The van der Waals surface area contributed by atoms with Crippen LogP contribution in [0.25, 0.3) is 6.08 Å². The van der Waals surface area contributed by atoms with Crippen LogP contribution in [0.1, 0.15) is 11.1 Å². The summed E-state index contributed by atoms with van der Waals surface area (Å²) >= 11 is 5.88. The van der Waals surface area contributed by atoms with Gasteiger partial charge in [-0.25, -0.2) is 17.6 Å². The van der Waals surface area contributed by atoms with Gasteiger partial charge in [-0.15, -0.1) is 0 Å². The van der Waals surface area contributed by atoms with Crippen molar-refractivity contribution in [3.8, 4) is 0 Å². The smallest absolute Gasteiger partial charge is 0.331 e. The van der Waals surface area contributed by atoms with Crippen LogP contribution in [0.4, 0.5) is 4.39 Å². The number of sulfonamides is 1. The lowest BCUT2D eigenvalue weighted by Gasteiger charge is -2.26. The Labute approximate surface area is 173 Å². The van der Waals surface area contributed by atoms with Crippen LogP contribution in [-0.2, 0) is 30.9 Å². The van der Waals surface area contributed by atoms with E-state index in [1.54, 1.807) is 12.1 Å². The molecule has 0 radical (unpaired) electrons. The van der Waals surface area contributed by atoms with E-state index in [0.29, 0.717) is 37.4 Å². The van der Waals surface area contributed by atoms with Gasteiger partial charge in [-0.1, -0.05) is 29.8 Å². The molecule has 0 unspecified atom stereocenters. The average Bonchev–Trinajstić information content (AvgIpc) is 2.72. The summed E-state index contributed by atoms with van der Waals surface area (Å²) in [5, 5.41) is 0.179. The largest absolute Gasteiger partial charge is 0.458 e. The zero-order chi connectivity index (χ0) is 20.9. The lowest BCUT2D eigenvalue weighted by molar-refractivity contribution is -0.138. The fourth-order valence-electron chi connectivity index (χ4n) is 2.69. The standard InChI is InChI=1S/C20H19ClFNO5S/c21-19-13-17(22)5-4-16(19)14-28-20(24)8-3-15-1-6-18(7-2-15)29(25,26)23-9-11-27-12-10-23/h1-8,13H,9-12,14H2/b8-3+. The molecule has 3 rings (SSSR count). The number of hydrogen-bond acceptors (Lipinski definition) is 5. The van der Waals surface area contributed by atoms with Gasteiger partial charge in [-0.2, -0.15) is 4.31 Å². The second-order valence-electron chi connectivity index (χ2n) is 6.26. The highest BCUT2D eigenvalue weighted by Gasteiger charge is 2.25. The quantitative estimate of drug-likeness (QED) is 0.510. The van der Waals surface area contributed by atoms with Gasteiger partial charge in [0.05, 0.1) is 23.1 Å². The Hall–Kier alpha value is -2.26. The number of esters is 1. The van der Waals surface area contributed by atoms with E-state index in [-0.39, 0.29) is 16.5 Å². The van der Waals surface area contributed by atoms with Gasteiger partial charge < -0.3 is 9.47 Å². The van der Waals surface area contributed by atoms with E-state index in [9.17, 15) is 17.6 Å². The lowest BCUT2D eigenvalue weighted by atomic mass is 10.2. The number of morpholine rings is 1. The molecule has 0 saturated carbocycles. The summed E-state index contributed by atoms with van der Waals surface area (Å²) in [7, 11) is -3.56. The summed E-state index contributed by atoms with van der Waals surface area (Å²) in [5.74, 6) is -1.07. The molecule has 0 aliphatic carbocycles. The minimum atomic E-state index is -3.56. The summed E-state index contributed by atoms with van der Waals surface area (Å²) in [6, 6.07) is 10.0. The van der Waals surface area contributed by atoms with Crippen LogP contribution in [0.2, 0.25) is 5.02 Å². The monoisotopic (exact) mass is 439 g/mol. The van der Waals surface area contributed by atoms with E-state index < -0.39 is 21.8 Å². The van der Waals surface area contributed by atoms with Gasteiger partial charge >= 0.3 is 5.97 Å². The van der Waals surface area contributed by atoms with Crippen LogP contribution in [0, 0.1) is 5.82 Å². The highest BCUT2D eigenvalue weighted by Crippen LogP contribution is 2.19. The number of halogens is 2. The van der Waals surface area contributed by atoms with Gasteiger partial charge in [0, 0.05) is 24.7 Å². The summed E-state index contributed by atoms with van der Waals surface area (Å²) in [6.45, 7) is 1.33. The molecule has 0 bridgehead atoms. The summed E-state index contributed by atoms with van der Waals surface area (Å²) in [5.41, 5.74) is 1.13. The Balaban J connectivity index is 1.58. The molecule has 0 atom stereocenters. The highest BCUT2D eigenvalue weighted by atomic mass is 35.5. The Morgan fingerprint density at radius 2 is 1.86 bits per heavy atom. The molecule has 1 heterocycles. The molecule has 1 aliphatic heterocycles. The van der Waals surface area contributed by atoms with Crippen molar-refractivity contribution in [2.45, 2.75) is 11.5 Å². The van der Waals surface area contributed by atoms with Crippen molar-refractivity contribution in [1.29, 1.82) is 0 Å². The van der Waals surface area contributed by atoms with Crippen LogP contribution in [0.5, 0.6) is 0 Å². The minimum Gasteiger partial charge on any atom is -0.458 e. The number of carbonyl (C=O) groups is 1. The second kappa shape index (κ2) is 9.49. The first-order valence-electron chi connectivity index (χ1n) is 8.83. The Morgan fingerprint density at radius 3 is 2.52 bits per heavy atom. The fourth-order valence-corrected chi connectivity index (χ4v) is 4.32. The summed E-state index contributed by atoms with van der Waals surface area (Å²) in [6.07, 6.45) is 2.74. The Morgan fingerprint density at radius 1 is 1.17 bits per heavy atom. The van der Waals surface area contributed by atoms with Crippen LogP contribution < -0.4 is 0 Å². The van der Waals surface area contributed by atoms with Crippen molar-refractivity contribution in [2.24, 2.45) is 0 Å². The SMILES string of the molecule is O=C(/C=C/c1ccc(S(=O)(=O)N2CCOCC2)cc1)OCc1ccc(F)cc1Cl. The van der Waals surface area contributed by atoms with Gasteiger partial charge in [-0.05, 0) is 35.9 Å². The van der Waals surface area contributed by atoms with Gasteiger partial charge in [0.25, 0.3) is 0 Å². The number of rotatable bonds is 6. The molecule has 154 valence electrons. The van der Waals surface area contributed by atoms with Gasteiger partial charge in [0.1, 0.15) is 12.4 Å². The van der Waals surface area contributed by atoms with Crippen LogP contribution in [0.3, 0.4) is 0 Å². The van der Waals surface area contributed by atoms with Crippen molar-refractivity contribution in [1.82, 2.24) is 4.31 Å². The molecule has 1 saturated heterocycles. The highest BCUT2D eigenvalue weighted by molar-refractivity contribution is 7.89. The van der Waals surface area contributed by atoms with Gasteiger partial charge in [0.15, 0.2) is 0 Å². The molecule has 2 aromatic rings. The van der Waals surface area contributed by atoms with Crippen molar-refractivity contribution in [3.05, 3.63) is 70.5 Å². The van der Waals surface area contributed by atoms with Gasteiger partial charge in [0.2, 0.25) is 10.0 Å². The van der Waals surface area contributed by atoms with E-state index in [2.05, 4.69) is 0 Å².